The van der Waals surface area contributed by atoms with E-state index in [1.54, 1.807) is 60.7 Å². The van der Waals surface area contributed by atoms with Crippen molar-refractivity contribution < 1.29 is 36.2 Å². The molecule has 8 nitrogen and oxygen atoms in total. The van der Waals surface area contributed by atoms with Gasteiger partial charge in [0.1, 0.15) is 28.6 Å². The van der Waals surface area contributed by atoms with Crippen LogP contribution in [0.1, 0.15) is 72.1 Å². The molecule has 4 aromatic carbocycles. The van der Waals surface area contributed by atoms with Crippen molar-refractivity contribution in [3.05, 3.63) is 97.1 Å². The molecule has 0 aliphatic carbocycles. The fourth-order valence-corrected chi connectivity index (χ4v) is 7.53. The number of unbranched alkanes of at least 4 members (excludes halogenated alkanes) is 7. The molecule has 0 radical (unpaired) electrons. The van der Waals surface area contributed by atoms with Gasteiger partial charge in [-0.05, 0) is 131 Å². The molecule has 0 amide bonds. The predicted molar refractivity (Wildman–Crippen MR) is 187 cm³/mol. The van der Waals surface area contributed by atoms with Gasteiger partial charge in [0.2, 0.25) is 19.7 Å². The zero-order chi connectivity index (χ0) is 34.6. The van der Waals surface area contributed by atoms with Crippen LogP contribution in [-0.4, -0.2) is 40.8 Å². The Bertz CT molecular complexity index is 1780. The standard InChI is InChI=1S/C38H46O8S2/c1-38(2,3)46-33-18-26-37(27-19-33)48(42,43)36-24-16-32(17-25-36)45-29-11-9-7-5-4-6-8-10-28-44-31-14-22-35(23-15-31)47(40,41)34-20-12-30(39)13-21-34/h12-27,39H,4-11,28-29H2,1-3H3. The van der Waals surface area contributed by atoms with Crippen LogP contribution < -0.4 is 14.2 Å². The van der Waals surface area contributed by atoms with E-state index in [0.29, 0.717) is 30.5 Å². The minimum atomic E-state index is -3.64. The van der Waals surface area contributed by atoms with Crippen LogP contribution in [0.25, 0.3) is 0 Å². The van der Waals surface area contributed by atoms with Gasteiger partial charge in [0.25, 0.3) is 0 Å². The van der Waals surface area contributed by atoms with E-state index in [2.05, 4.69) is 0 Å². The first-order valence-corrected chi connectivity index (χ1v) is 19.4. The van der Waals surface area contributed by atoms with Crippen molar-refractivity contribution in [2.45, 2.75) is 97.3 Å². The molecule has 48 heavy (non-hydrogen) atoms. The molecule has 0 saturated heterocycles. The molecule has 0 spiro atoms. The van der Waals surface area contributed by atoms with Gasteiger partial charge in [-0.3, -0.25) is 0 Å². The fourth-order valence-electron chi connectivity index (χ4n) is 5.01. The summed E-state index contributed by atoms with van der Waals surface area (Å²) in [7, 11) is -7.28. The van der Waals surface area contributed by atoms with E-state index >= 15 is 0 Å². The molecule has 0 aliphatic heterocycles. The van der Waals surface area contributed by atoms with Crippen LogP contribution in [0.15, 0.2) is 117 Å². The Labute approximate surface area is 285 Å². The summed E-state index contributed by atoms with van der Waals surface area (Å²) in [6, 6.07) is 24.9. The Hall–Kier alpha value is -4.02. The van der Waals surface area contributed by atoms with E-state index in [1.807, 2.05) is 20.8 Å². The third-order valence-corrected chi connectivity index (χ3v) is 11.1. The van der Waals surface area contributed by atoms with E-state index in [9.17, 15) is 21.9 Å². The summed E-state index contributed by atoms with van der Waals surface area (Å²) in [6.45, 7) is 6.99. The van der Waals surface area contributed by atoms with Gasteiger partial charge in [0, 0.05) is 0 Å². The van der Waals surface area contributed by atoms with Crippen LogP contribution in [0.3, 0.4) is 0 Å². The maximum atomic E-state index is 13.0. The third-order valence-electron chi connectivity index (χ3n) is 7.55. The Kier molecular flexibility index (Phi) is 12.9. The quantitative estimate of drug-likeness (QED) is 0.103. The van der Waals surface area contributed by atoms with Gasteiger partial charge in [-0.2, -0.15) is 0 Å². The van der Waals surface area contributed by atoms with Crippen LogP contribution in [0.2, 0.25) is 0 Å². The highest BCUT2D eigenvalue weighted by molar-refractivity contribution is 7.91. The number of hydrogen-bond donors (Lipinski definition) is 1. The topological polar surface area (TPSA) is 116 Å². The summed E-state index contributed by atoms with van der Waals surface area (Å²) in [6.07, 6.45) is 8.60. The highest BCUT2D eigenvalue weighted by Gasteiger charge is 2.19. The van der Waals surface area contributed by atoms with Crippen molar-refractivity contribution in [3.8, 4) is 23.0 Å². The molecule has 4 rings (SSSR count). The summed E-state index contributed by atoms with van der Waals surface area (Å²) >= 11 is 0. The lowest BCUT2D eigenvalue weighted by Gasteiger charge is -2.21. The third kappa shape index (κ3) is 11.0. The SMILES string of the molecule is CC(C)(C)Oc1ccc(S(=O)(=O)c2ccc(OCCCCCCCCCCOc3ccc(S(=O)(=O)c4ccc(O)cc4)cc3)cc2)cc1. The van der Waals surface area contributed by atoms with Gasteiger partial charge in [0.15, 0.2) is 0 Å². The van der Waals surface area contributed by atoms with Gasteiger partial charge in [-0.25, -0.2) is 16.8 Å². The van der Waals surface area contributed by atoms with Crippen molar-refractivity contribution >= 4 is 19.7 Å². The minimum Gasteiger partial charge on any atom is -0.508 e. The Morgan fingerprint density at radius 1 is 0.458 bits per heavy atom. The lowest BCUT2D eigenvalue weighted by Crippen LogP contribution is -2.22. The average Bonchev–Trinajstić information content (AvgIpc) is 3.05. The molecule has 0 bridgehead atoms. The van der Waals surface area contributed by atoms with Crippen LogP contribution in [0.4, 0.5) is 0 Å². The molecule has 0 fully saturated rings. The van der Waals surface area contributed by atoms with Crippen molar-refractivity contribution in [2.75, 3.05) is 13.2 Å². The summed E-state index contributed by atoms with van der Waals surface area (Å²) in [4.78, 5) is 0.753. The maximum absolute atomic E-state index is 13.0. The molecule has 0 aromatic heterocycles. The second kappa shape index (κ2) is 16.9. The molecule has 0 saturated carbocycles. The molecule has 0 atom stereocenters. The smallest absolute Gasteiger partial charge is 0.206 e. The molecule has 10 heteroatoms. The predicted octanol–water partition coefficient (Wildman–Crippen LogP) is 8.81. The van der Waals surface area contributed by atoms with Crippen LogP contribution in [0, 0.1) is 0 Å². The molecule has 0 heterocycles. The van der Waals surface area contributed by atoms with E-state index in [-0.39, 0.29) is 30.9 Å². The Balaban J connectivity index is 1.04. The van der Waals surface area contributed by atoms with Crippen molar-refractivity contribution in [1.29, 1.82) is 0 Å². The van der Waals surface area contributed by atoms with Gasteiger partial charge in [0.05, 0.1) is 32.8 Å². The number of aromatic hydroxyl groups is 1. The van der Waals surface area contributed by atoms with Crippen LogP contribution in [-0.2, 0) is 19.7 Å². The highest BCUT2D eigenvalue weighted by Crippen LogP contribution is 2.27. The molecular formula is C38H46O8S2. The van der Waals surface area contributed by atoms with E-state index < -0.39 is 19.7 Å². The summed E-state index contributed by atoms with van der Waals surface area (Å²) in [5, 5.41) is 9.40. The Morgan fingerprint density at radius 3 is 1.08 bits per heavy atom. The van der Waals surface area contributed by atoms with Crippen molar-refractivity contribution in [2.24, 2.45) is 0 Å². The first kappa shape index (κ1) is 36.8. The average molecular weight is 695 g/mol. The second-order valence-electron chi connectivity index (χ2n) is 12.7. The molecule has 0 unspecified atom stereocenters. The van der Waals surface area contributed by atoms with Crippen molar-refractivity contribution in [3.63, 3.8) is 0 Å². The molecular weight excluding hydrogens is 649 g/mol. The molecule has 4 aromatic rings. The zero-order valence-electron chi connectivity index (χ0n) is 27.9. The fraction of sp³-hybridized carbons (Fsp3) is 0.368. The van der Waals surface area contributed by atoms with Gasteiger partial charge in [-0.15, -0.1) is 0 Å². The first-order valence-electron chi connectivity index (χ1n) is 16.4. The zero-order valence-corrected chi connectivity index (χ0v) is 29.6. The number of rotatable bonds is 18. The normalized spacial score (nSPS) is 12.1. The monoisotopic (exact) mass is 694 g/mol. The second-order valence-corrected chi connectivity index (χ2v) is 16.6. The van der Waals surface area contributed by atoms with Gasteiger partial charge < -0.3 is 19.3 Å². The lowest BCUT2D eigenvalue weighted by molar-refractivity contribution is 0.131. The lowest BCUT2D eigenvalue weighted by atomic mass is 10.1. The van der Waals surface area contributed by atoms with Gasteiger partial charge in [-0.1, -0.05) is 38.5 Å². The molecule has 1 N–H and O–H groups in total. The maximum Gasteiger partial charge on any atom is 0.206 e. The van der Waals surface area contributed by atoms with E-state index in [0.717, 1.165) is 51.4 Å². The number of ether oxygens (including phenoxy) is 3. The molecule has 258 valence electrons. The van der Waals surface area contributed by atoms with Gasteiger partial charge >= 0.3 is 0 Å². The van der Waals surface area contributed by atoms with E-state index in [1.165, 1.54) is 36.4 Å². The Morgan fingerprint density at radius 2 is 0.750 bits per heavy atom. The number of phenolic OH excluding ortho intramolecular Hbond substituents is 1. The minimum absolute atomic E-state index is 0.0175. The summed E-state index contributed by atoms with van der Waals surface area (Å²) in [5.41, 5.74) is -0.359. The van der Waals surface area contributed by atoms with Crippen molar-refractivity contribution in [1.82, 2.24) is 0 Å². The molecule has 0 aliphatic rings. The summed E-state index contributed by atoms with van der Waals surface area (Å²) < 4.78 is 68.9. The highest BCUT2D eigenvalue weighted by atomic mass is 32.2. The van der Waals surface area contributed by atoms with E-state index in [4.69, 9.17) is 14.2 Å². The number of phenols is 1. The largest absolute Gasteiger partial charge is 0.508 e. The number of sulfone groups is 2. The van der Waals surface area contributed by atoms with Crippen LogP contribution >= 0.6 is 0 Å². The summed E-state index contributed by atoms with van der Waals surface area (Å²) in [5.74, 6) is 1.93. The van der Waals surface area contributed by atoms with Crippen LogP contribution in [0.5, 0.6) is 23.0 Å². The number of benzene rings is 4. The first-order chi connectivity index (χ1) is 22.8. The number of hydrogen-bond acceptors (Lipinski definition) is 8.